The maximum absolute atomic E-state index is 13.1. The normalized spacial score (nSPS) is 10.9. The van der Waals surface area contributed by atoms with Gasteiger partial charge in [0.1, 0.15) is 23.4 Å². The van der Waals surface area contributed by atoms with E-state index in [1.807, 2.05) is 6.92 Å². The minimum atomic E-state index is -0.140. The predicted molar refractivity (Wildman–Crippen MR) is 103 cm³/mol. The summed E-state index contributed by atoms with van der Waals surface area (Å²) in [6.45, 7) is 1.93. The van der Waals surface area contributed by atoms with Gasteiger partial charge in [-0.3, -0.25) is 9.59 Å². The van der Waals surface area contributed by atoms with E-state index in [2.05, 4.69) is 31.9 Å². The van der Waals surface area contributed by atoms with Crippen LogP contribution in [0.3, 0.4) is 0 Å². The van der Waals surface area contributed by atoms with Crippen molar-refractivity contribution < 1.29 is 18.7 Å². The van der Waals surface area contributed by atoms with E-state index in [0.717, 1.165) is 6.29 Å². The van der Waals surface area contributed by atoms with E-state index in [1.54, 1.807) is 37.4 Å². The summed E-state index contributed by atoms with van der Waals surface area (Å²) in [5.41, 5.74) is 2.09. The van der Waals surface area contributed by atoms with Gasteiger partial charge in [-0.25, -0.2) is 0 Å². The third-order valence-electron chi connectivity index (χ3n) is 3.94. The highest BCUT2D eigenvalue weighted by Gasteiger charge is 2.23. The molecule has 3 rings (SSSR count). The van der Waals surface area contributed by atoms with Gasteiger partial charge in [0.2, 0.25) is 0 Å². The fraction of sp³-hybridized carbons (Fsp3) is 0.158. The predicted octanol–water partition coefficient (Wildman–Crippen LogP) is 5.57. The molecule has 0 amide bonds. The van der Waals surface area contributed by atoms with Crippen molar-refractivity contribution in [2.45, 2.75) is 13.3 Å². The SMILES string of the molecule is CCc1oc2cc(C=O)ccc2c1C(=O)c1cc(Br)c(OC)c(Br)c1. The van der Waals surface area contributed by atoms with Gasteiger partial charge < -0.3 is 9.15 Å². The average Bonchev–Trinajstić information content (AvgIpc) is 2.98. The first-order valence-corrected chi connectivity index (χ1v) is 9.17. The largest absolute Gasteiger partial charge is 0.494 e. The lowest BCUT2D eigenvalue weighted by atomic mass is 9.99. The molecule has 0 saturated carbocycles. The highest BCUT2D eigenvalue weighted by molar-refractivity contribution is 9.11. The second-order valence-corrected chi connectivity index (χ2v) is 7.14. The maximum Gasteiger partial charge on any atom is 0.197 e. The van der Waals surface area contributed by atoms with Gasteiger partial charge >= 0.3 is 0 Å². The Labute approximate surface area is 161 Å². The average molecular weight is 466 g/mol. The fourth-order valence-corrected chi connectivity index (χ4v) is 4.28. The van der Waals surface area contributed by atoms with Gasteiger partial charge in [-0.1, -0.05) is 13.0 Å². The Hall–Kier alpha value is -1.92. The summed E-state index contributed by atoms with van der Waals surface area (Å²) in [6, 6.07) is 8.54. The monoisotopic (exact) mass is 464 g/mol. The van der Waals surface area contributed by atoms with E-state index >= 15 is 0 Å². The molecule has 0 aliphatic carbocycles. The van der Waals surface area contributed by atoms with Crippen LogP contribution in [0.1, 0.15) is 39.0 Å². The number of hydrogen-bond acceptors (Lipinski definition) is 4. The van der Waals surface area contributed by atoms with E-state index in [4.69, 9.17) is 9.15 Å². The fourth-order valence-electron chi connectivity index (χ4n) is 2.77. The number of halogens is 2. The van der Waals surface area contributed by atoms with Crippen molar-refractivity contribution >= 4 is 54.9 Å². The zero-order chi connectivity index (χ0) is 18.1. The van der Waals surface area contributed by atoms with Crippen LogP contribution in [-0.4, -0.2) is 19.2 Å². The molecule has 0 aliphatic rings. The summed E-state index contributed by atoms with van der Waals surface area (Å²) in [5, 5.41) is 0.704. The summed E-state index contributed by atoms with van der Waals surface area (Å²) in [6.07, 6.45) is 1.33. The van der Waals surface area contributed by atoms with Crippen LogP contribution in [0.15, 0.2) is 43.7 Å². The van der Waals surface area contributed by atoms with E-state index in [9.17, 15) is 9.59 Å². The Morgan fingerprint density at radius 1 is 1.20 bits per heavy atom. The Kier molecular flexibility index (Phi) is 5.11. The molecule has 2 aromatic carbocycles. The van der Waals surface area contributed by atoms with Crippen LogP contribution in [0.25, 0.3) is 11.0 Å². The molecule has 0 N–H and O–H groups in total. The first-order valence-electron chi connectivity index (χ1n) is 7.58. The van der Waals surface area contributed by atoms with Gasteiger partial charge in [0, 0.05) is 22.9 Å². The van der Waals surface area contributed by atoms with E-state index in [0.29, 0.717) is 54.5 Å². The smallest absolute Gasteiger partial charge is 0.197 e. The zero-order valence-corrected chi connectivity index (χ0v) is 16.7. The van der Waals surface area contributed by atoms with Crippen molar-refractivity contribution in [3.05, 3.63) is 61.7 Å². The molecule has 0 aliphatic heterocycles. The minimum absolute atomic E-state index is 0.140. The van der Waals surface area contributed by atoms with Crippen molar-refractivity contribution in [2.75, 3.05) is 7.11 Å². The standard InChI is InChI=1S/C19H14Br2O4/c1-3-15-17(12-5-4-10(9-22)6-16(12)25-15)18(23)11-7-13(20)19(24-2)14(21)8-11/h4-9H,3H2,1-2H3. The topological polar surface area (TPSA) is 56.5 Å². The summed E-state index contributed by atoms with van der Waals surface area (Å²) in [7, 11) is 1.57. The first kappa shape index (κ1) is 17.9. The molecule has 0 bridgehead atoms. The Morgan fingerprint density at radius 3 is 2.44 bits per heavy atom. The molecule has 1 aromatic heterocycles. The van der Waals surface area contributed by atoms with Crippen molar-refractivity contribution in [1.29, 1.82) is 0 Å². The van der Waals surface area contributed by atoms with Gasteiger partial charge in [-0.15, -0.1) is 0 Å². The van der Waals surface area contributed by atoms with Crippen LogP contribution in [0.4, 0.5) is 0 Å². The lowest BCUT2D eigenvalue weighted by Gasteiger charge is -2.09. The second-order valence-electron chi connectivity index (χ2n) is 5.43. The number of ketones is 1. The van der Waals surface area contributed by atoms with E-state index < -0.39 is 0 Å². The number of rotatable bonds is 5. The molecule has 0 radical (unpaired) electrons. The third-order valence-corrected chi connectivity index (χ3v) is 5.11. The molecule has 1 heterocycles. The van der Waals surface area contributed by atoms with Crippen LogP contribution in [0, 0.1) is 0 Å². The number of furan rings is 1. The van der Waals surface area contributed by atoms with Crippen LogP contribution in [0.5, 0.6) is 5.75 Å². The highest BCUT2D eigenvalue weighted by atomic mass is 79.9. The Bertz CT molecular complexity index is 965. The number of carbonyl (C=O) groups is 2. The molecule has 4 nitrogen and oxygen atoms in total. The van der Waals surface area contributed by atoms with Crippen LogP contribution in [-0.2, 0) is 6.42 Å². The van der Waals surface area contributed by atoms with Crippen LogP contribution < -0.4 is 4.74 Å². The number of fused-ring (bicyclic) bond motifs is 1. The van der Waals surface area contributed by atoms with Crippen LogP contribution >= 0.6 is 31.9 Å². The summed E-state index contributed by atoms with van der Waals surface area (Å²) < 4.78 is 12.5. The zero-order valence-electron chi connectivity index (χ0n) is 13.6. The van der Waals surface area contributed by atoms with Crippen molar-refractivity contribution in [1.82, 2.24) is 0 Å². The molecule has 0 spiro atoms. The molecule has 0 atom stereocenters. The third kappa shape index (κ3) is 3.16. The number of carbonyl (C=O) groups excluding carboxylic acids is 2. The maximum atomic E-state index is 13.1. The molecule has 128 valence electrons. The number of aryl methyl sites for hydroxylation is 1. The summed E-state index contributed by atoms with van der Waals surface area (Å²) >= 11 is 6.85. The molecule has 25 heavy (non-hydrogen) atoms. The molecule has 6 heteroatoms. The van der Waals surface area contributed by atoms with Gasteiger partial charge in [-0.05, 0) is 56.1 Å². The molecular weight excluding hydrogens is 452 g/mol. The lowest BCUT2D eigenvalue weighted by molar-refractivity contribution is 0.103. The van der Waals surface area contributed by atoms with Gasteiger partial charge in [0.15, 0.2) is 5.78 Å². The van der Waals surface area contributed by atoms with Gasteiger partial charge in [0.05, 0.1) is 21.6 Å². The van der Waals surface area contributed by atoms with Crippen molar-refractivity contribution in [3.63, 3.8) is 0 Å². The quantitative estimate of drug-likeness (QED) is 0.365. The molecule has 0 fully saturated rings. The number of ether oxygens (including phenoxy) is 1. The minimum Gasteiger partial charge on any atom is -0.494 e. The number of methoxy groups -OCH3 is 1. The Balaban J connectivity index is 2.18. The van der Waals surface area contributed by atoms with Gasteiger partial charge in [-0.2, -0.15) is 0 Å². The van der Waals surface area contributed by atoms with Gasteiger partial charge in [0.25, 0.3) is 0 Å². The summed E-state index contributed by atoms with van der Waals surface area (Å²) in [5.74, 6) is 1.09. The number of benzene rings is 2. The van der Waals surface area contributed by atoms with Crippen LogP contribution in [0.2, 0.25) is 0 Å². The molecule has 3 aromatic rings. The van der Waals surface area contributed by atoms with Crippen molar-refractivity contribution in [2.24, 2.45) is 0 Å². The van der Waals surface area contributed by atoms with Crippen molar-refractivity contribution in [3.8, 4) is 5.75 Å². The lowest BCUT2D eigenvalue weighted by Crippen LogP contribution is -2.04. The molecule has 0 unspecified atom stereocenters. The molecule has 0 saturated heterocycles. The Morgan fingerprint density at radius 2 is 1.88 bits per heavy atom. The summed E-state index contributed by atoms with van der Waals surface area (Å²) in [4.78, 5) is 24.1. The number of hydrogen-bond donors (Lipinski definition) is 0. The van der Waals surface area contributed by atoms with E-state index in [-0.39, 0.29) is 5.78 Å². The number of aldehydes is 1. The van der Waals surface area contributed by atoms with E-state index in [1.165, 1.54) is 0 Å². The second kappa shape index (κ2) is 7.14. The first-order chi connectivity index (χ1) is 12.0. The highest BCUT2D eigenvalue weighted by Crippen LogP contribution is 2.36. The molecular formula is C19H14Br2O4.